The number of aliphatic hydroxyl groups is 1. The third-order valence-electron chi connectivity index (χ3n) is 3.18. The molecule has 2 aromatic rings. The van der Waals surface area contributed by atoms with Gasteiger partial charge in [0.15, 0.2) is 0 Å². The van der Waals surface area contributed by atoms with Gasteiger partial charge >= 0.3 is 0 Å². The Bertz CT molecular complexity index is 613. The number of hydrogen-bond donors (Lipinski definition) is 2. The van der Waals surface area contributed by atoms with Crippen molar-refractivity contribution in [2.24, 2.45) is 0 Å². The largest absolute Gasteiger partial charge is 0.391 e. The summed E-state index contributed by atoms with van der Waals surface area (Å²) < 4.78 is 13.6. The van der Waals surface area contributed by atoms with Crippen LogP contribution in [0.15, 0.2) is 48.5 Å². The summed E-state index contributed by atoms with van der Waals surface area (Å²) in [6.07, 6.45) is -0.263. The number of aliphatic hydroxyl groups excluding tert-OH is 1. The number of amides is 1. The van der Waals surface area contributed by atoms with Gasteiger partial charge in [-0.15, -0.1) is 0 Å². The summed E-state index contributed by atoms with van der Waals surface area (Å²) in [6.45, 7) is 1.88. The van der Waals surface area contributed by atoms with Crippen molar-refractivity contribution in [1.29, 1.82) is 0 Å². The molecule has 0 heterocycles. The molecule has 0 saturated carbocycles. The van der Waals surface area contributed by atoms with Crippen molar-refractivity contribution in [1.82, 2.24) is 5.32 Å². The van der Waals surface area contributed by atoms with Crippen LogP contribution < -0.4 is 5.32 Å². The number of carbonyl (C=O) groups excluding carboxylic acids is 1. The first-order valence-corrected chi connectivity index (χ1v) is 6.82. The van der Waals surface area contributed by atoms with E-state index < -0.39 is 17.8 Å². The minimum Gasteiger partial charge on any atom is -0.391 e. The molecule has 0 fully saturated rings. The number of halogens is 1. The normalized spacial score (nSPS) is 12.0. The van der Waals surface area contributed by atoms with E-state index in [1.807, 2.05) is 30.3 Å². The van der Waals surface area contributed by atoms with Gasteiger partial charge in [0.05, 0.1) is 11.7 Å². The smallest absolute Gasteiger partial charge is 0.254 e. The molecule has 1 amide bonds. The van der Waals surface area contributed by atoms with Gasteiger partial charge in [0.1, 0.15) is 5.82 Å². The number of nitrogens with one attached hydrogen (secondary N) is 1. The molecule has 0 aliphatic heterocycles. The summed E-state index contributed by atoms with van der Waals surface area (Å²) >= 11 is 0. The Morgan fingerprint density at radius 3 is 2.67 bits per heavy atom. The molecule has 2 rings (SSSR count). The van der Waals surface area contributed by atoms with Crippen LogP contribution in [0.2, 0.25) is 0 Å². The number of hydrogen-bond acceptors (Lipinski definition) is 2. The van der Waals surface area contributed by atoms with Crippen molar-refractivity contribution in [3.63, 3.8) is 0 Å². The van der Waals surface area contributed by atoms with Gasteiger partial charge in [0.2, 0.25) is 0 Å². The molecule has 0 aliphatic rings. The SMILES string of the molecule is Cc1ccc(F)c(C(=O)NCC(O)Cc2ccccc2)c1. The van der Waals surface area contributed by atoms with Crippen molar-refractivity contribution in [2.45, 2.75) is 19.4 Å². The highest BCUT2D eigenvalue weighted by molar-refractivity contribution is 5.94. The number of carbonyl (C=O) groups is 1. The summed E-state index contributed by atoms with van der Waals surface area (Å²) in [5.41, 5.74) is 1.80. The average molecular weight is 287 g/mol. The molecule has 0 spiro atoms. The van der Waals surface area contributed by atoms with Gasteiger partial charge in [-0.2, -0.15) is 0 Å². The Morgan fingerprint density at radius 2 is 1.95 bits per heavy atom. The topological polar surface area (TPSA) is 49.3 Å². The van der Waals surface area contributed by atoms with Crippen molar-refractivity contribution in [3.8, 4) is 0 Å². The molecule has 110 valence electrons. The Kier molecular flexibility index (Phi) is 5.06. The number of aryl methyl sites for hydroxylation is 1. The molecule has 21 heavy (non-hydrogen) atoms. The first-order valence-electron chi connectivity index (χ1n) is 6.82. The fraction of sp³-hybridized carbons (Fsp3) is 0.235. The highest BCUT2D eigenvalue weighted by atomic mass is 19.1. The van der Waals surface area contributed by atoms with Crippen LogP contribution in [0.3, 0.4) is 0 Å². The minimum absolute atomic E-state index is 0.00177. The Hall–Kier alpha value is -2.20. The number of rotatable bonds is 5. The van der Waals surface area contributed by atoms with Crippen LogP contribution in [-0.2, 0) is 6.42 Å². The van der Waals surface area contributed by atoms with Crippen LogP contribution in [0.5, 0.6) is 0 Å². The molecular formula is C17H18FNO2. The van der Waals surface area contributed by atoms with Crippen molar-refractivity contribution in [3.05, 3.63) is 71.0 Å². The summed E-state index contributed by atoms with van der Waals surface area (Å²) in [5, 5.41) is 12.5. The van der Waals surface area contributed by atoms with E-state index in [9.17, 15) is 14.3 Å². The van der Waals surface area contributed by atoms with Crippen molar-refractivity contribution < 1.29 is 14.3 Å². The lowest BCUT2D eigenvalue weighted by Crippen LogP contribution is -2.33. The highest BCUT2D eigenvalue weighted by Crippen LogP contribution is 2.10. The third-order valence-corrected chi connectivity index (χ3v) is 3.18. The monoisotopic (exact) mass is 287 g/mol. The molecule has 0 bridgehead atoms. The van der Waals surface area contributed by atoms with Crippen LogP contribution in [0.4, 0.5) is 4.39 Å². The second-order valence-electron chi connectivity index (χ2n) is 5.04. The van der Waals surface area contributed by atoms with E-state index in [0.717, 1.165) is 11.1 Å². The molecule has 4 heteroatoms. The maximum Gasteiger partial charge on any atom is 0.254 e. The fourth-order valence-corrected chi connectivity index (χ4v) is 2.08. The lowest BCUT2D eigenvalue weighted by Gasteiger charge is -2.12. The van der Waals surface area contributed by atoms with Crippen LogP contribution >= 0.6 is 0 Å². The maximum atomic E-state index is 13.6. The van der Waals surface area contributed by atoms with Crippen molar-refractivity contribution in [2.75, 3.05) is 6.54 Å². The summed E-state index contributed by atoms with van der Waals surface area (Å²) in [5.74, 6) is -1.07. The lowest BCUT2D eigenvalue weighted by atomic mass is 10.1. The molecule has 1 unspecified atom stereocenters. The molecular weight excluding hydrogens is 269 g/mol. The van der Waals surface area contributed by atoms with Gasteiger partial charge in [-0.3, -0.25) is 4.79 Å². The second-order valence-corrected chi connectivity index (χ2v) is 5.04. The molecule has 0 radical (unpaired) electrons. The summed E-state index contributed by atoms with van der Waals surface area (Å²) in [7, 11) is 0. The third kappa shape index (κ3) is 4.39. The Balaban J connectivity index is 1.90. The zero-order valence-corrected chi connectivity index (χ0v) is 11.8. The highest BCUT2D eigenvalue weighted by Gasteiger charge is 2.13. The van der Waals surface area contributed by atoms with Crippen molar-refractivity contribution >= 4 is 5.91 Å². The molecule has 1 atom stereocenters. The zero-order valence-electron chi connectivity index (χ0n) is 11.8. The van der Waals surface area contributed by atoms with E-state index in [1.54, 1.807) is 13.0 Å². The second kappa shape index (κ2) is 6.99. The molecule has 0 aromatic heterocycles. The standard InChI is InChI=1S/C17H18FNO2/c1-12-7-8-16(18)15(9-12)17(21)19-11-14(20)10-13-5-3-2-4-6-13/h2-9,14,20H,10-11H2,1H3,(H,19,21). The van der Waals surface area contributed by atoms with Gasteiger partial charge in [-0.1, -0.05) is 42.0 Å². The predicted octanol–water partition coefficient (Wildman–Crippen LogP) is 2.47. The van der Waals surface area contributed by atoms with Crippen LogP contribution in [0.25, 0.3) is 0 Å². The van der Waals surface area contributed by atoms with E-state index in [4.69, 9.17) is 0 Å². The molecule has 0 aliphatic carbocycles. The molecule has 2 aromatic carbocycles. The Morgan fingerprint density at radius 1 is 1.24 bits per heavy atom. The van der Waals surface area contributed by atoms with Crippen LogP contribution in [0.1, 0.15) is 21.5 Å². The first-order chi connectivity index (χ1) is 10.1. The van der Waals surface area contributed by atoms with E-state index in [1.165, 1.54) is 12.1 Å². The first kappa shape index (κ1) is 15.2. The number of benzene rings is 2. The fourth-order valence-electron chi connectivity index (χ4n) is 2.08. The molecule has 0 saturated heterocycles. The van der Waals surface area contributed by atoms with E-state index in [0.29, 0.717) is 6.42 Å². The van der Waals surface area contributed by atoms with Gasteiger partial charge < -0.3 is 10.4 Å². The van der Waals surface area contributed by atoms with Gasteiger partial charge in [0, 0.05) is 13.0 Å². The molecule has 3 nitrogen and oxygen atoms in total. The zero-order chi connectivity index (χ0) is 15.2. The van der Waals surface area contributed by atoms with Gasteiger partial charge in [-0.05, 0) is 24.6 Å². The van der Waals surface area contributed by atoms with Crippen LogP contribution in [-0.4, -0.2) is 23.7 Å². The maximum absolute atomic E-state index is 13.6. The average Bonchev–Trinajstić information content (AvgIpc) is 2.48. The minimum atomic E-state index is -0.704. The lowest BCUT2D eigenvalue weighted by molar-refractivity contribution is 0.0912. The van der Waals surface area contributed by atoms with Gasteiger partial charge in [0.25, 0.3) is 5.91 Å². The quantitative estimate of drug-likeness (QED) is 0.887. The predicted molar refractivity (Wildman–Crippen MR) is 79.6 cm³/mol. The van der Waals surface area contributed by atoms with Crippen LogP contribution in [0, 0.1) is 12.7 Å². The summed E-state index contributed by atoms with van der Waals surface area (Å²) in [4.78, 5) is 11.9. The van der Waals surface area contributed by atoms with E-state index in [2.05, 4.69) is 5.32 Å². The van der Waals surface area contributed by atoms with E-state index in [-0.39, 0.29) is 12.1 Å². The molecule has 2 N–H and O–H groups in total. The Labute approximate surface area is 123 Å². The van der Waals surface area contributed by atoms with Gasteiger partial charge in [-0.25, -0.2) is 4.39 Å². The van der Waals surface area contributed by atoms with E-state index >= 15 is 0 Å². The summed E-state index contributed by atoms with van der Waals surface area (Å²) in [6, 6.07) is 13.9.